The molecule has 0 aliphatic heterocycles. The predicted molar refractivity (Wildman–Crippen MR) is 79.5 cm³/mol. The summed E-state index contributed by atoms with van der Waals surface area (Å²) in [5.41, 5.74) is -0.165. The molecule has 18 heavy (non-hydrogen) atoms. The van der Waals surface area contributed by atoms with Crippen LogP contribution in [-0.4, -0.2) is 17.1 Å². The van der Waals surface area contributed by atoms with E-state index in [2.05, 4.69) is 27.9 Å². The lowest BCUT2D eigenvalue weighted by Crippen LogP contribution is -2.50. The zero-order valence-electron chi connectivity index (χ0n) is 10.4. The molecule has 2 N–H and O–H groups in total. The maximum Gasteiger partial charge on any atom is 0.328 e. The number of nitrogens with one attached hydrogen (secondary N) is 1. The molecule has 1 fully saturated rings. The minimum Gasteiger partial charge on any atom is -0.480 e. The number of aliphatic carboxylic acids is 1. The highest BCUT2D eigenvalue weighted by Gasteiger charge is 2.37. The van der Waals surface area contributed by atoms with E-state index in [9.17, 15) is 9.90 Å². The third-order valence-electron chi connectivity index (χ3n) is 3.70. The Hall–Kier alpha value is -0.620. The van der Waals surface area contributed by atoms with Gasteiger partial charge < -0.3 is 5.11 Å². The summed E-state index contributed by atoms with van der Waals surface area (Å²) in [5.74, 6) is -0.810. The minimum atomic E-state index is -0.987. The monoisotopic (exact) mass is 359 g/mol. The molecular formula is C14H18INO2. The van der Waals surface area contributed by atoms with Crippen molar-refractivity contribution in [1.29, 1.82) is 0 Å². The highest BCUT2D eigenvalue weighted by atomic mass is 127. The fraction of sp³-hybridized carbons (Fsp3) is 0.500. The fourth-order valence-corrected chi connectivity index (χ4v) is 2.89. The van der Waals surface area contributed by atoms with Crippen LogP contribution in [0.25, 0.3) is 0 Å². The van der Waals surface area contributed by atoms with Gasteiger partial charge in [-0.15, -0.1) is 0 Å². The highest BCUT2D eigenvalue weighted by Crippen LogP contribution is 2.27. The lowest BCUT2D eigenvalue weighted by atomic mass is 9.91. The number of halogens is 1. The molecule has 0 aromatic heterocycles. The molecule has 2 rings (SSSR count). The Morgan fingerprint density at radius 2 is 1.89 bits per heavy atom. The Bertz CT molecular complexity index is 426. The van der Waals surface area contributed by atoms with Crippen molar-refractivity contribution in [3.05, 3.63) is 33.4 Å². The molecule has 1 atom stereocenters. The van der Waals surface area contributed by atoms with Crippen LogP contribution in [0.2, 0.25) is 0 Å². The Morgan fingerprint density at radius 3 is 2.39 bits per heavy atom. The molecule has 1 aromatic rings. The number of carbonyl (C=O) groups is 1. The Morgan fingerprint density at radius 1 is 1.33 bits per heavy atom. The highest BCUT2D eigenvalue weighted by molar-refractivity contribution is 14.1. The zero-order chi connectivity index (χ0) is 13.2. The maximum atomic E-state index is 11.6. The van der Waals surface area contributed by atoms with Crippen molar-refractivity contribution in [3.63, 3.8) is 0 Å². The van der Waals surface area contributed by atoms with E-state index in [1.54, 1.807) is 6.92 Å². The van der Waals surface area contributed by atoms with Gasteiger partial charge in [0.05, 0.1) is 0 Å². The molecule has 0 bridgehead atoms. The van der Waals surface area contributed by atoms with Crippen molar-refractivity contribution < 1.29 is 9.90 Å². The molecule has 1 aliphatic rings. The van der Waals surface area contributed by atoms with Crippen LogP contribution < -0.4 is 5.32 Å². The first-order chi connectivity index (χ1) is 8.52. The van der Waals surface area contributed by atoms with Gasteiger partial charge in [0.2, 0.25) is 0 Å². The average Bonchev–Trinajstić information content (AvgIpc) is 2.82. The van der Waals surface area contributed by atoms with Crippen molar-refractivity contribution in [2.75, 3.05) is 0 Å². The van der Waals surface area contributed by atoms with E-state index in [-0.39, 0.29) is 0 Å². The zero-order valence-corrected chi connectivity index (χ0v) is 12.6. The lowest BCUT2D eigenvalue weighted by molar-refractivity contribution is -0.145. The summed E-state index contributed by atoms with van der Waals surface area (Å²) in [5, 5.41) is 12.9. The van der Waals surface area contributed by atoms with E-state index >= 15 is 0 Å². The number of hydrogen-bond acceptors (Lipinski definition) is 2. The first-order valence-electron chi connectivity index (χ1n) is 6.29. The van der Waals surface area contributed by atoms with E-state index < -0.39 is 11.5 Å². The molecule has 98 valence electrons. The van der Waals surface area contributed by atoms with E-state index in [0.29, 0.717) is 6.04 Å². The number of hydrogen-bond donors (Lipinski definition) is 2. The van der Waals surface area contributed by atoms with Gasteiger partial charge in [0.25, 0.3) is 0 Å². The van der Waals surface area contributed by atoms with Gasteiger partial charge in [-0.3, -0.25) is 5.32 Å². The molecular weight excluding hydrogens is 341 g/mol. The van der Waals surface area contributed by atoms with Crippen molar-refractivity contribution in [3.8, 4) is 0 Å². The van der Waals surface area contributed by atoms with Gasteiger partial charge >= 0.3 is 5.97 Å². The molecule has 1 aromatic carbocycles. The average molecular weight is 359 g/mol. The lowest BCUT2D eigenvalue weighted by Gasteiger charge is -2.30. The van der Waals surface area contributed by atoms with E-state index in [0.717, 1.165) is 22.0 Å². The summed E-state index contributed by atoms with van der Waals surface area (Å²) < 4.78 is 1.12. The van der Waals surface area contributed by atoms with Crippen molar-refractivity contribution in [2.24, 2.45) is 0 Å². The van der Waals surface area contributed by atoms with Crippen molar-refractivity contribution in [2.45, 2.75) is 44.2 Å². The van der Waals surface area contributed by atoms with Crippen LogP contribution in [0.15, 0.2) is 24.3 Å². The molecule has 0 saturated heterocycles. The Balaban J connectivity index is 2.25. The first-order valence-corrected chi connectivity index (χ1v) is 7.37. The number of rotatable bonds is 4. The fourth-order valence-electron chi connectivity index (χ4n) is 2.53. The second-order valence-electron chi connectivity index (χ2n) is 5.06. The van der Waals surface area contributed by atoms with Gasteiger partial charge in [0, 0.05) is 9.61 Å². The molecule has 3 nitrogen and oxygen atoms in total. The van der Waals surface area contributed by atoms with Crippen LogP contribution >= 0.6 is 22.6 Å². The molecule has 0 heterocycles. The molecule has 1 aliphatic carbocycles. The molecule has 4 heteroatoms. The van der Waals surface area contributed by atoms with Gasteiger partial charge in [-0.05, 0) is 60.1 Å². The summed E-state index contributed by atoms with van der Waals surface area (Å²) in [6, 6.07) is 8.03. The summed E-state index contributed by atoms with van der Waals surface area (Å²) in [6.45, 7) is 1.76. The van der Waals surface area contributed by atoms with Crippen LogP contribution in [0.3, 0.4) is 0 Å². The minimum absolute atomic E-state index is 0.324. The van der Waals surface area contributed by atoms with E-state index in [1.165, 1.54) is 12.8 Å². The largest absolute Gasteiger partial charge is 0.480 e. The van der Waals surface area contributed by atoms with Gasteiger partial charge in [-0.2, -0.15) is 0 Å². The third kappa shape index (κ3) is 2.85. The van der Waals surface area contributed by atoms with Crippen LogP contribution in [0, 0.1) is 3.57 Å². The number of benzene rings is 1. The SMILES string of the molecule is CC(NC1CCCC1)(C(=O)O)c1ccc(I)cc1. The second kappa shape index (κ2) is 5.57. The molecule has 1 unspecified atom stereocenters. The summed E-state index contributed by atoms with van der Waals surface area (Å²) in [4.78, 5) is 11.6. The van der Waals surface area contributed by atoms with Gasteiger partial charge in [0.1, 0.15) is 5.54 Å². The maximum absolute atomic E-state index is 11.6. The Labute approximate surface area is 121 Å². The standard InChI is InChI=1S/C14H18INO2/c1-14(13(17)18,16-12-4-2-3-5-12)10-6-8-11(15)9-7-10/h6-9,12,16H,2-5H2,1H3,(H,17,18). The third-order valence-corrected chi connectivity index (χ3v) is 4.42. The molecule has 0 spiro atoms. The summed E-state index contributed by atoms with van der Waals surface area (Å²) >= 11 is 2.22. The van der Waals surface area contributed by atoms with E-state index in [1.807, 2.05) is 24.3 Å². The number of carboxylic acids is 1. The second-order valence-corrected chi connectivity index (χ2v) is 6.31. The summed E-state index contributed by atoms with van der Waals surface area (Å²) in [7, 11) is 0. The van der Waals surface area contributed by atoms with Crippen LogP contribution in [0.4, 0.5) is 0 Å². The molecule has 0 amide bonds. The van der Waals surface area contributed by atoms with Crippen molar-refractivity contribution in [1.82, 2.24) is 5.32 Å². The normalized spacial score (nSPS) is 19.7. The van der Waals surface area contributed by atoms with Crippen LogP contribution in [0.1, 0.15) is 38.2 Å². The van der Waals surface area contributed by atoms with Crippen LogP contribution in [0.5, 0.6) is 0 Å². The number of carboxylic acid groups (broad SMARTS) is 1. The van der Waals surface area contributed by atoms with E-state index in [4.69, 9.17) is 0 Å². The smallest absolute Gasteiger partial charge is 0.328 e. The molecule has 1 saturated carbocycles. The Kier molecular flexibility index (Phi) is 4.27. The quantitative estimate of drug-likeness (QED) is 0.813. The van der Waals surface area contributed by atoms with Gasteiger partial charge in [0.15, 0.2) is 0 Å². The first kappa shape index (κ1) is 13.8. The van der Waals surface area contributed by atoms with Crippen molar-refractivity contribution >= 4 is 28.6 Å². The summed E-state index contributed by atoms with van der Waals surface area (Å²) in [6.07, 6.45) is 4.54. The predicted octanol–water partition coefficient (Wildman–Crippen LogP) is 3.12. The topological polar surface area (TPSA) is 49.3 Å². The molecule has 0 radical (unpaired) electrons. The van der Waals surface area contributed by atoms with Gasteiger partial charge in [-0.25, -0.2) is 4.79 Å². The van der Waals surface area contributed by atoms with Gasteiger partial charge in [-0.1, -0.05) is 25.0 Å². The van der Waals surface area contributed by atoms with Crippen LogP contribution in [-0.2, 0) is 10.3 Å².